The standard InChI is InChI=1S/C18H20FN/c1-12-10-16(19)9-8-14(12)11-15-7-6-13-4-2-3-5-17(13)18(15)20/h2-5,8-10,15,18H,6-7,11,20H2,1H3. The highest BCUT2D eigenvalue weighted by molar-refractivity contribution is 5.34. The molecule has 104 valence electrons. The highest BCUT2D eigenvalue weighted by Crippen LogP contribution is 2.35. The monoisotopic (exact) mass is 269 g/mol. The van der Waals surface area contributed by atoms with E-state index >= 15 is 0 Å². The second-order valence-electron chi connectivity index (χ2n) is 5.80. The third-order valence-corrected chi connectivity index (χ3v) is 4.49. The van der Waals surface area contributed by atoms with Crippen LogP contribution in [0.2, 0.25) is 0 Å². The Kier molecular flexibility index (Phi) is 3.58. The van der Waals surface area contributed by atoms with Gasteiger partial charge in [-0.1, -0.05) is 30.3 Å². The Morgan fingerprint density at radius 2 is 2.00 bits per heavy atom. The van der Waals surface area contributed by atoms with E-state index in [0.29, 0.717) is 5.92 Å². The number of nitrogens with two attached hydrogens (primary N) is 1. The summed E-state index contributed by atoms with van der Waals surface area (Å²) < 4.78 is 13.2. The summed E-state index contributed by atoms with van der Waals surface area (Å²) in [6.07, 6.45) is 3.13. The first kappa shape index (κ1) is 13.3. The number of benzene rings is 2. The molecule has 20 heavy (non-hydrogen) atoms. The molecule has 0 aromatic heterocycles. The van der Waals surface area contributed by atoms with Crippen molar-refractivity contribution in [1.29, 1.82) is 0 Å². The third-order valence-electron chi connectivity index (χ3n) is 4.49. The molecule has 2 aromatic rings. The summed E-state index contributed by atoms with van der Waals surface area (Å²) in [5, 5.41) is 0. The number of hydrogen-bond acceptors (Lipinski definition) is 1. The van der Waals surface area contributed by atoms with Crippen molar-refractivity contribution in [3.63, 3.8) is 0 Å². The molecule has 0 spiro atoms. The SMILES string of the molecule is Cc1cc(F)ccc1CC1CCc2ccccc2C1N. The molecule has 2 atom stereocenters. The van der Waals surface area contributed by atoms with Gasteiger partial charge in [-0.15, -0.1) is 0 Å². The van der Waals surface area contributed by atoms with Gasteiger partial charge >= 0.3 is 0 Å². The van der Waals surface area contributed by atoms with Crippen molar-refractivity contribution in [3.8, 4) is 0 Å². The molecule has 0 amide bonds. The Morgan fingerprint density at radius 1 is 1.20 bits per heavy atom. The van der Waals surface area contributed by atoms with Gasteiger partial charge in [-0.3, -0.25) is 0 Å². The van der Waals surface area contributed by atoms with Crippen LogP contribution in [-0.4, -0.2) is 0 Å². The fourth-order valence-corrected chi connectivity index (χ4v) is 3.26. The zero-order valence-electron chi connectivity index (χ0n) is 11.8. The van der Waals surface area contributed by atoms with E-state index in [9.17, 15) is 4.39 Å². The van der Waals surface area contributed by atoms with Gasteiger partial charge < -0.3 is 5.73 Å². The van der Waals surface area contributed by atoms with Crippen LogP contribution in [0, 0.1) is 18.7 Å². The summed E-state index contributed by atoms with van der Waals surface area (Å²) in [6, 6.07) is 13.6. The van der Waals surface area contributed by atoms with Gasteiger partial charge in [0.1, 0.15) is 5.82 Å². The minimum atomic E-state index is -0.162. The zero-order valence-corrected chi connectivity index (χ0v) is 11.8. The lowest BCUT2D eigenvalue weighted by Gasteiger charge is -2.31. The molecule has 3 rings (SSSR count). The van der Waals surface area contributed by atoms with E-state index in [1.807, 2.05) is 13.0 Å². The van der Waals surface area contributed by atoms with E-state index in [1.165, 1.54) is 16.7 Å². The van der Waals surface area contributed by atoms with Gasteiger partial charge in [0, 0.05) is 6.04 Å². The molecule has 1 aliphatic carbocycles. The smallest absolute Gasteiger partial charge is 0.123 e. The number of hydrogen-bond donors (Lipinski definition) is 1. The maximum Gasteiger partial charge on any atom is 0.123 e. The van der Waals surface area contributed by atoms with Crippen molar-refractivity contribution in [2.45, 2.75) is 32.2 Å². The van der Waals surface area contributed by atoms with Crippen molar-refractivity contribution < 1.29 is 4.39 Å². The van der Waals surface area contributed by atoms with Crippen LogP contribution in [0.3, 0.4) is 0 Å². The maximum atomic E-state index is 13.2. The van der Waals surface area contributed by atoms with Gasteiger partial charge in [0.25, 0.3) is 0 Å². The Labute approximate surface area is 119 Å². The average molecular weight is 269 g/mol. The first-order valence-electron chi connectivity index (χ1n) is 7.23. The van der Waals surface area contributed by atoms with Crippen molar-refractivity contribution in [1.82, 2.24) is 0 Å². The summed E-state index contributed by atoms with van der Waals surface area (Å²) in [6.45, 7) is 1.97. The first-order valence-corrected chi connectivity index (χ1v) is 7.23. The number of rotatable bonds is 2. The normalized spacial score (nSPS) is 21.6. The van der Waals surface area contributed by atoms with Crippen LogP contribution >= 0.6 is 0 Å². The van der Waals surface area contributed by atoms with Crippen LogP contribution in [0.4, 0.5) is 4.39 Å². The maximum absolute atomic E-state index is 13.2. The van der Waals surface area contributed by atoms with E-state index in [2.05, 4.69) is 24.3 Å². The van der Waals surface area contributed by atoms with Crippen LogP contribution in [-0.2, 0) is 12.8 Å². The van der Waals surface area contributed by atoms with Gasteiger partial charge in [0.2, 0.25) is 0 Å². The predicted molar refractivity (Wildman–Crippen MR) is 80.0 cm³/mol. The van der Waals surface area contributed by atoms with Crippen molar-refractivity contribution in [3.05, 3.63) is 70.5 Å². The molecule has 0 heterocycles. The predicted octanol–water partition coefficient (Wildman–Crippen LogP) is 3.94. The number of halogens is 1. The largest absolute Gasteiger partial charge is 0.324 e. The molecular weight excluding hydrogens is 249 g/mol. The lowest BCUT2D eigenvalue weighted by molar-refractivity contribution is 0.376. The fourth-order valence-electron chi connectivity index (χ4n) is 3.26. The van der Waals surface area contributed by atoms with Crippen LogP contribution in [0.25, 0.3) is 0 Å². The summed E-state index contributed by atoms with van der Waals surface area (Å²) in [4.78, 5) is 0. The zero-order chi connectivity index (χ0) is 14.1. The Bertz CT molecular complexity index is 621. The number of aryl methyl sites for hydroxylation is 2. The topological polar surface area (TPSA) is 26.0 Å². The van der Waals surface area contributed by atoms with Gasteiger partial charge in [0.05, 0.1) is 0 Å². The van der Waals surface area contributed by atoms with E-state index in [-0.39, 0.29) is 11.9 Å². The van der Waals surface area contributed by atoms with Crippen molar-refractivity contribution in [2.24, 2.45) is 11.7 Å². The van der Waals surface area contributed by atoms with Crippen LogP contribution in [0.1, 0.15) is 34.7 Å². The fraction of sp³-hybridized carbons (Fsp3) is 0.333. The highest BCUT2D eigenvalue weighted by Gasteiger charge is 2.26. The molecule has 0 saturated heterocycles. The second kappa shape index (κ2) is 5.37. The molecule has 0 bridgehead atoms. The summed E-state index contributed by atoms with van der Waals surface area (Å²) in [5.41, 5.74) is 11.3. The molecule has 0 saturated carbocycles. The minimum Gasteiger partial charge on any atom is -0.324 e. The summed E-state index contributed by atoms with van der Waals surface area (Å²) in [7, 11) is 0. The van der Waals surface area contributed by atoms with Gasteiger partial charge in [-0.25, -0.2) is 4.39 Å². The highest BCUT2D eigenvalue weighted by atomic mass is 19.1. The van der Waals surface area contributed by atoms with E-state index < -0.39 is 0 Å². The van der Waals surface area contributed by atoms with Gasteiger partial charge in [0.15, 0.2) is 0 Å². The summed E-state index contributed by atoms with van der Waals surface area (Å²) in [5.74, 6) is 0.276. The quantitative estimate of drug-likeness (QED) is 0.878. The van der Waals surface area contributed by atoms with Crippen LogP contribution < -0.4 is 5.73 Å². The second-order valence-corrected chi connectivity index (χ2v) is 5.80. The first-order chi connectivity index (χ1) is 9.65. The van der Waals surface area contributed by atoms with E-state index in [1.54, 1.807) is 12.1 Å². The molecule has 2 N–H and O–H groups in total. The van der Waals surface area contributed by atoms with Crippen molar-refractivity contribution in [2.75, 3.05) is 0 Å². The van der Waals surface area contributed by atoms with Gasteiger partial charge in [-0.05, 0) is 66.5 Å². The Morgan fingerprint density at radius 3 is 2.80 bits per heavy atom. The van der Waals surface area contributed by atoms with E-state index in [0.717, 1.165) is 24.8 Å². The molecule has 2 heteroatoms. The summed E-state index contributed by atoms with van der Waals surface area (Å²) >= 11 is 0. The Hall–Kier alpha value is -1.67. The molecule has 0 radical (unpaired) electrons. The van der Waals surface area contributed by atoms with Crippen LogP contribution in [0.5, 0.6) is 0 Å². The average Bonchev–Trinajstić information content (AvgIpc) is 2.45. The minimum absolute atomic E-state index is 0.0874. The molecule has 2 aromatic carbocycles. The molecule has 1 nitrogen and oxygen atoms in total. The molecule has 0 aliphatic heterocycles. The number of fused-ring (bicyclic) bond motifs is 1. The van der Waals surface area contributed by atoms with E-state index in [4.69, 9.17) is 5.73 Å². The molecular formula is C18H20FN. The molecule has 0 fully saturated rings. The third kappa shape index (κ3) is 2.48. The lowest BCUT2D eigenvalue weighted by atomic mass is 9.77. The van der Waals surface area contributed by atoms with Crippen LogP contribution in [0.15, 0.2) is 42.5 Å². The van der Waals surface area contributed by atoms with Crippen molar-refractivity contribution >= 4 is 0 Å². The molecule has 2 unspecified atom stereocenters. The van der Waals surface area contributed by atoms with Gasteiger partial charge in [-0.2, -0.15) is 0 Å². The Balaban J connectivity index is 1.83. The lowest BCUT2D eigenvalue weighted by Crippen LogP contribution is -2.28. The molecule has 1 aliphatic rings.